The summed E-state index contributed by atoms with van der Waals surface area (Å²) in [5.74, 6) is 0.677. The molecular weight excluding hydrogens is 504 g/mol. The second-order valence-electron chi connectivity index (χ2n) is 10.7. The Balaban J connectivity index is 1.21. The Morgan fingerprint density at radius 2 is 1.78 bits per heavy atom. The van der Waals surface area contributed by atoms with Gasteiger partial charge in [0.2, 0.25) is 0 Å². The second kappa shape index (κ2) is 10.6. The van der Waals surface area contributed by atoms with Crippen LogP contribution in [0.15, 0.2) is 59.3 Å². The van der Waals surface area contributed by atoms with Gasteiger partial charge in [0.1, 0.15) is 11.9 Å². The van der Waals surface area contributed by atoms with Gasteiger partial charge >= 0.3 is 5.97 Å². The van der Waals surface area contributed by atoms with Crippen LogP contribution in [0.5, 0.6) is 5.75 Å². The van der Waals surface area contributed by atoms with E-state index in [4.69, 9.17) is 14.7 Å². The largest absolute Gasteiger partial charge is 0.833 e. The van der Waals surface area contributed by atoms with Crippen molar-refractivity contribution in [3.05, 3.63) is 74.6 Å². The van der Waals surface area contributed by atoms with Gasteiger partial charge in [0, 0.05) is 34.4 Å². The smallest absolute Gasteiger partial charge is 0.306 e. The van der Waals surface area contributed by atoms with Gasteiger partial charge in [0.25, 0.3) is 0 Å². The number of hydrogen-bond donors (Lipinski definition) is 0. The summed E-state index contributed by atoms with van der Waals surface area (Å²) in [6.07, 6.45) is 3.78. The minimum atomic E-state index is -2.01. The van der Waals surface area contributed by atoms with Gasteiger partial charge in [0.05, 0.1) is 50.5 Å². The zero-order chi connectivity index (χ0) is 26.0. The molecule has 1 aromatic carbocycles. The molecule has 0 radical (unpaired) electrons. The van der Waals surface area contributed by atoms with Gasteiger partial charge in [-0.25, -0.2) is 0 Å². The van der Waals surface area contributed by atoms with Crippen molar-refractivity contribution in [3.8, 4) is 11.8 Å². The van der Waals surface area contributed by atoms with E-state index in [0.29, 0.717) is 33.9 Å². The lowest BCUT2D eigenvalue weighted by Gasteiger charge is -2.41. The Labute approximate surface area is 226 Å². The molecule has 0 N–H and O–H groups in total. The number of carbonyl (C=O) groups is 1. The van der Waals surface area contributed by atoms with E-state index in [1.165, 1.54) is 22.7 Å². The zero-order valence-corrected chi connectivity index (χ0v) is 22.8. The van der Waals surface area contributed by atoms with Gasteiger partial charge in [0.15, 0.2) is 0 Å². The van der Waals surface area contributed by atoms with Gasteiger partial charge in [-0.05, 0) is 60.0 Å². The molecule has 2 heterocycles. The summed E-state index contributed by atoms with van der Waals surface area (Å²) in [7, 11) is 4.50. The van der Waals surface area contributed by atoms with E-state index in [0.717, 1.165) is 42.5 Å². The van der Waals surface area contributed by atoms with E-state index in [1.807, 2.05) is 35.0 Å². The third-order valence-corrected chi connectivity index (χ3v) is 10.0. The highest BCUT2D eigenvalue weighted by atomic mass is 32.1. The Hall–Kier alpha value is -2.70. The maximum Gasteiger partial charge on any atom is 0.306 e. The Kier molecular flexibility index (Phi) is 7.42. The van der Waals surface area contributed by atoms with Crippen LogP contribution in [-0.4, -0.2) is 49.8 Å². The molecule has 3 unspecified atom stereocenters. The van der Waals surface area contributed by atoms with Crippen LogP contribution in [0.1, 0.15) is 41.0 Å². The van der Waals surface area contributed by atoms with Crippen molar-refractivity contribution in [1.82, 2.24) is 0 Å². The van der Waals surface area contributed by atoms with Crippen LogP contribution in [0.25, 0.3) is 0 Å². The fraction of sp³-hybridized carbons (Fsp3) is 0.448. The number of esters is 1. The summed E-state index contributed by atoms with van der Waals surface area (Å²) in [5.41, 5.74) is -1.38. The molecule has 0 amide bonds. The van der Waals surface area contributed by atoms with E-state index >= 15 is 0 Å². The molecule has 0 aliphatic heterocycles. The standard InChI is InChI=1S/C29H32N2O4S2/c1-31(2,14-5-15-34-22-11-8-20(19-30)9-12-22)24-18-21-10-13-23(24)27(21)35-28(32)29(33,25-6-3-16-36-25)26-7-4-17-37-26/h3-4,6-9,11-12,16-17,21,23-24,27H,5,10,13-15,18H2,1-2H3/t21?,23?,24-,27?/m0/s1. The maximum absolute atomic E-state index is 14.1. The molecule has 2 aliphatic rings. The SMILES string of the molecule is C[N+](C)(CCCOc1ccc(C#N)cc1)[C@H]1CC2CCC1C2OC(=O)C([O-])(c1cccs1)c1cccs1. The number of fused-ring (bicyclic) bond motifs is 2. The van der Waals surface area contributed by atoms with Crippen LogP contribution < -0.4 is 9.84 Å². The molecule has 6 nitrogen and oxygen atoms in total. The number of thiophene rings is 2. The lowest BCUT2D eigenvalue weighted by Crippen LogP contribution is -2.53. The van der Waals surface area contributed by atoms with Crippen molar-refractivity contribution in [1.29, 1.82) is 5.26 Å². The molecule has 3 aromatic rings. The minimum absolute atomic E-state index is 0.196. The highest BCUT2D eigenvalue weighted by Crippen LogP contribution is 2.50. The summed E-state index contributed by atoms with van der Waals surface area (Å²) in [4.78, 5) is 14.5. The molecule has 2 saturated carbocycles. The van der Waals surface area contributed by atoms with Crippen LogP contribution in [-0.2, 0) is 15.1 Å². The minimum Gasteiger partial charge on any atom is -0.833 e. The van der Waals surface area contributed by atoms with Gasteiger partial charge in [-0.3, -0.25) is 4.79 Å². The predicted octanol–water partition coefficient (Wildman–Crippen LogP) is 4.54. The number of nitriles is 1. The molecule has 0 spiro atoms. The molecule has 8 heteroatoms. The Morgan fingerprint density at radius 1 is 1.11 bits per heavy atom. The molecule has 2 aromatic heterocycles. The molecule has 37 heavy (non-hydrogen) atoms. The van der Waals surface area contributed by atoms with Crippen molar-refractivity contribution in [2.45, 2.75) is 43.4 Å². The molecule has 4 atom stereocenters. The monoisotopic (exact) mass is 536 g/mol. The molecule has 194 valence electrons. The normalized spacial score (nSPS) is 23.1. The number of quaternary nitrogens is 1. The summed E-state index contributed by atoms with van der Waals surface area (Å²) in [5, 5.41) is 26.7. The van der Waals surface area contributed by atoms with Gasteiger partial charge in [-0.2, -0.15) is 5.26 Å². The van der Waals surface area contributed by atoms with Crippen molar-refractivity contribution in [3.63, 3.8) is 0 Å². The van der Waals surface area contributed by atoms with Crippen molar-refractivity contribution >= 4 is 28.6 Å². The Bertz CT molecular complexity index is 1200. The summed E-state index contributed by atoms with van der Waals surface area (Å²) >= 11 is 2.62. The van der Waals surface area contributed by atoms with Gasteiger partial charge < -0.3 is 19.1 Å². The first-order chi connectivity index (χ1) is 17.8. The predicted molar refractivity (Wildman–Crippen MR) is 142 cm³/mol. The van der Waals surface area contributed by atoms with E-state index in [2.05, 4.69) is 20.2 Å². The average Bonchev–Trinajstić information content (AvgIpc) is 3.72. The number of ether oxygens (including phenoxy) is 2. The van der Waals surface area contributed by atoms with E-state index in [-0.39, 0.29) is 12.0 Å². The van der Waals surface area contributed by atoms with Crippen molar-refractivity contribution in [2.75, 3.05) is 27.2 Å². The third kappa shape index (κ3) is 5.06. The first-order valence-corrected chi connectivity index (χ1v) is 14.5. The van der Waals surface area contributed by atoms with E-state index in [9.17, 15) is 9.90 Å². The number of rotatable bonds is 10. The first-order valence-electron chi connectivity index (χ1n) is 12.8. The second-order valence-corrected chi connectivity index (χ2v) is 12.5. The van der Waals surface area contributed by atoms with Crippen LogP contribution in [0.2, 0.25) is 0 Å². The summed E-state index contributed by atoms with van der Waals surface area (Å²) in [6, 6.07) is 16.8. The third-order valence-electron chi connectivity index (χ3n) is 8.09. The summed E-state index contributed by atoms with van der Waals surface area (Å²) in [6.45, 7) is 1.55. The first kappa shape index (κ1) is 25.9. The zero-order valence-electron chi connectivity index (χ0n) is 21.2. The average molecular weight is 537 g/mol. The number of carbonyl (C=O) groups excluding carboxylic acids is 1. The van der Waals surface area contributed by atoms with E-state index in [1.54, 1.807) is 24.3 Å². The maximum atomic E-state index is 14.1. The number of benzene rings is 1. The lowest BCUT2D eigenvalue weighted by molar-refractivity contribution is -0.918. The topological polar surface area (TPSA) is 82.4 Å². The Morgan fingerprint density at radius 3 is 2.38 bits per heavy atom. The molecular formula is C29H32N2O4S2. The quantitative estimate of drug-likeness (QED) is 0.216. The highest BCUT2D eigenvalue weighted by molar-refractivity contribution is 7.12. The van der Waals surface area contributed by atoms with Crippen molar-refractivity contribution in [2.24, 2.45) is 11.8 Å². The van der Waals surface area contributed by atoms with Crippen LogP contribution in [0.4, 0.5) is 0 Å². The van der Waals surface area contributed by atoms with Crippen LogP contribution in [0.3, 0.4) is 0 Å². The fourth-order valence-corrected chi connectivity index (χ4v) is 7.87. The summed E-state index contributed by atoms with van der Waals surface area (Å²) < 4.78 is 12.9. The van der Waals surface area contributed by atoms with Gasteiger partial charge in [-0.15, -0.1) is 22.7 Å². The van der Waals surface area contributed by atoms with Crippen LogP contribution in [0, 0.1) is 23.2 Å². The molecule has 5 rings (SSSR count). The van der Waals surface area contributed by atoms with Crippen molar-refractivity contribution < 1.29 is 23.9 Å². The lowest BCUT2D eigenvalue weighted by atomic mass is 9.92. The molecule has 2 aliphatic carbocycles. The number of hydrogen-bond acceptors (Lipinski definition) is 7. The van der Waals surface area contributed by atoms with E-state index < -0.39 is 11.6 Å². The van der Waals surface area contributed by atoms with Crippen LogP contribution >= 0.6 is 22.7 Å². The number of nitrogens with zero attached hydrogens (tertiary/aromatic N) is 2. The molecule has 2 bridgehead atoms. The molecule has 2 fully saturated rings. The highest BCUT2D eigenvalue weighted by Gasteiger charge is 2.56. The fourth-order valence-electron chi connectivity index (χ4n) is 6.16. The molecule has 0 saturated heterocycles. The van der Waals surface area contributed by atoms with Gasteiger partial charge in [-0.1, -0.05) is 12.1 Å².